The van der Waals surface area contributed by atoms with Crippen LogP contribution in [0.5, 0.6) is 5.75 Å². The van der Waals surface area contributed by atoms with E-state index in [0.717, 1.165) is 29.4 Å². The summed E-state index contributed by atoms with van der Waals surface area (Å²) in [6.07, 6.45) is 3.07. The van der Waals surface area contributed by atoms with Gasteiger partial charge in [0.1, 0.15) is 0 Å². The Kier molecular flexibility index (Phi) is 4.91. The van der Waals surface area contributed by atoms with E-state index in [-0.39, 0.29) is 23.1 Å². The number of carbonyl (C=O) groups is 1. The number of pyridine rings is 1. The van der Waals surface area contributed by atoms with Gasteiger partial charge in [0.2, 0.25) is 5.43 Å². The molecule has 6 nitrogen and oxygen atoms in total. The fourth-order valence-electron chi connectivity index (χ4n) is 5.38. The number of hydrogen-bond donors (Lipinski definition) is 1. The molecular formula is C25H21F2N3O3S. The van der Waals surface area contributed by atoms with Crippen molar-refractivity contribution in [3.8, 4) is 5.75 Å². The van der Waals surface area contributed by atoms with E-state index in [4.69, 9.17) is 0 Å². The fraction of sp³-hybridized carbons (Fsp3) is 0.280. The van der Waals surface area contributed by atoms with Gasteiger partial charge in [0, 0.05) is 35.0 Å². The molecule has 34 heavy (non-hydrogen) atoms. The zero-order valence-electron chi connectivity index (χ0n) is 18.1. The van der Waals surface area contributed by atoms with E-state index in [1.807, 2.05) is 29.3 Å². The minimum atomic E-state index is -0.904. The second-order valence-electron chi connectivity index (χ2n) is 8.80. The Balaban J connectivity index is 1.65. The van der Waals surface area contributed by atoms with Crippen LogP contribution < -0.4 is 10.4 Å². The van der Waals surface area contributed by atoms with Crippen LogP contribution in [0.25, 0.3) is 0 Å². The van der Waals surface area contributed by atoms with Gasteiger partial charge >= 0.3 is 0 Å². The summed E-state index contributed by atoms with van der Waals surface area (Å²) in [7, 11) is 0. The molecule has 1 N–H and O–H groups in total. The predicted octanol–water partition coefficient (Wildman–Crippen LogP) is 3.78. The molecular weight excluding hydrogens is 460 g/mol. The number of hydrogen-bond acceptors (Lipinski definition) is 5. The first kappa shape index (κ1) is 21.2. The maximum absolute atomic E-state index is 15.0. The van der Waals surface area contributed by atoms with Crippen molar-refractivity contribution in [2.24, 2.45) is 0 Å². The van der Waals surface area contributed by atoms with E-state index in [2.05, 4.69) is 0 Å². The molecule has 4 heterocycles. The van der Waals surface area contributed by atoms with Crippen molar-refractivity contribution in [1.82, 2.24) is 9.58 Å². The first-order chi connectivity index (χ1) is 16.5. The Morgan fingerprint density at radius 3 is 2.71 bits per heavy atom. The molecule has 3 aromatic rings. The summed E-state index contributed by atoms with van der Waals surface area (Å²) in [4.78, 5) is 28.4. The highest BCUT2D eigenvalue weighted by atomic mass is 32.2. The summed E-state index contributed by atoms with van der Waals surface area (Å²) in [6.45, 7) is 0.941. The molecule has 6 rings (SSSR count). The Morgan fingerprint density at radius 2 is 1.85 bits per heavy atom. The molecule has 0 spiro atoms. The lowest BCUT2D eigenvalue weighted by atomic mass is 9.93. The number of rotatable bonds is 1. The number of carbonyl (C=O) groups excluding carboxylic acids is 1. The van der Waals surface area contributed by atoms with Crippen LogP contribution in [0.4, 0.5) is 8.78 Å². The Hall–Kier alpha value is -3.33. The molecule has 3 aliphatic rings. The quantitative estimate of drug-likeness (QED) is 0.573. The van der Waals surface area contributed by atoms with Crippen molar-refractivity contribution in [2.75, 3.05) is 18.1 Å². The third-order valence-corrected chi connectivity index (χ3v) is 8.10. The average molecular weight is 482 g/mol. The van der Waals surface area contributed by atoms with Crippen molar-refractivity contribution >= 4 is 17.7 Å². The van der Waals surface area contributed by atoms with E-state index < -0.39 is 34.8 Å². The van der Waals surface area contributed by atoms with E-state index in [1.165, 1.54) is 28.7 Å². The van der Waals surface area contributed by atoms with Crippen LogP contribution in [-0.2, 0) is 5.75 Å². The van der Waals surface area contributed by atoms with Crippen LogP contribution in [0.2, 0.25) is 0 Å². The van der Waals surface area contributed by atoms with Gasteiger partial charge in [-0.25, -0.2) is 8.78 Å². The highest BCUT2D eigenvalue weighted by Crippen LogP contribution is 2.44. The molecule has 1 fully saturated rings. The number of halogens is 2. The zero-order valence-corrected chi connectivity index (χ0v) is 18.9. The monoisotopic (exact) mass is 481 g/mol. The van der Waals surface area contributed by atoms with E-state index in [0.29, 0.717) is 18.7 Å². The Morgan fingerprint density at radius 1 is 1.03 bits per heavy atom. The number of aromatic hydroxyl groups is 1. The summed E-state index contributed by atoms with van der Waals surface area (Å²) in [5.41, 5.74) is 1.02. The largest absolute Gasteiger partial charge is 0.502 e. The second-order valence-corrected chi connectivity index (χ2v) is 9.81. The predicted molar refractivity (Wildman–Crippen MR) is 124 cm³/mol. The molecule has 3 aliphatic heterocycles. The Bertz CT molecular complexity index is 1390. The zero-order chi connectivity index (χ0) is 23.6. The molecule has 1 saturated heterocycles. The Labute approximate surface area is 198 Å². The third kappa shape index (κ3) is 3.06. The van der Waals surface area contributed by atoms with Crippen molar-refractivity contribution in [3.05, 3.63) is 92.9 Å². The molecule has 174 valence electrons. The van der Waals surface area contributed by atoms with Crippen LogP contribution in [0.1, 0.15) is 46.1 Å². The minimum absolute atomic E-state index is 0.101. The minimum Gasteiger partial charge on any atom is -0.502 e. The number of aromatic nitrogens is 1. The summed E-state index contributed by atoms with van der Waals surface area (Å²) in [5, 5.41) is 12.6. The van der Waals surface area contributed by atoms with Crippen molar-refractivity contribution < 1.29 is 18.7 Å². The topological polar surface area (TPSA) is 65.8 Å². The van der Waals surface area contributed by atoms with Gasteiger partial charge < -0.3 is 10.0 Å². The maximum Gasteiger partial charge on any atom is 0.276 e. The first-order valence-corrected chi connectivity index (χ1v) is 12.1. The van der Waals surface area contributed by atoms with Crippen molar-refractivity contribution in [2.45, 2.75) is 35.6 Å². The standard InChI is InChI=1S/C25H21F2N3O3S/c26-18-8-7-15-17(21(18)27)13-34-20-6-2-1-5-16(20)22(15)30-12-14-4-3-10-28(14)25(33)23-24(32)19(31)9-11-29(23)30/h1-2,5-9,11,14,22,32H,3-4,10,12-13H2/t14-,22-/m1/s1. The highest BCUT2D eigenvalue weighted by Gasteiger charge is 2.42. The number of fused-ring (bicyclic) bond motifs is 4. The molecule has 0 unspecified atom stereocenters. The van der Waals surface area contributed by atoms with Crippen LogP contribution in [0.15, 0.2) is 58.4 Å². The molecule has 0 bridgehead atoms. The molecule has 9 heteroatoms. The van der Waals surface area contributed by atoms with E-state index in [9.17, 15) is 19.1 Å². The van der Waals surface area contributed by atoms with Gasteiger partial charge in [0.15, 0.2) is 23.1 Å². The molecule has 2 aromatic carbocycles. The van der Waals surface area contributed by atoms with Gasteiger partial charge in [-0.05, 0) is 36.1 Å². The molecule has 1 aromatic heterocycles. The molecule has 2 atom stereocenters. The van der Waals surface area contributed by atoms with E-state index in [1.54, 1.807) is 11.0 Å². The molecule has 0 saturated carbocycles. The number of thioether (sulfide) groups is 1. The molecule has 0 radical (unpaired) electrons. The van der Waals surface area contributed by atoms with Crippen LogP contribution >= 0.6 is 11.8 Å². The van der Waals surface area contributed by atoms with Crippen LogP contribution in [-0.4, -0.2) is 39.7 Å². The van der Waals surface area contributed by atoms with Gasteiger partial charge in [-0.15, -0.1) is 11.8 Å². The van der Waals surface area contributed by atoms with E-state index >= 15 is 4.39 Å². The fourth-order valence-corrected chi connectivity index (χ4v) is 6.49. The van der Waals surface area contributed by atoms with Crippen molar-refractivity contribution in [3.63, 3.8) is 0 Å². The van der Waals surface area contributed by atoms with Crippen molar-refractivity contribution in [1.29, 1.82) is 0 Å². The summed E-state index contributed by atoms with van der Waals surface area (Å²) >= 11 is 1.44. The SMILES string of the molecule is O=C1c2c(O)c(=O)ccn2N([C@H]2c3ccccc3SCc3c2ccc(F)c3F)C[C@H]2CCCN12. The number of nitrogens with zero attached hydrogens (tertiary/aromatic N) is 3. The third-order valence-electron chi connectivity index (χ3n) is 6.98. The highest BCUT2D eigenvalue weighted by molar-refractivity contribution is 7.98. The first-order valence-electron chi connectivity index (χ1n) is 11.2. The lowest BCUT2D eigenvalue weighted by Gasteiger charge is -2.37. The second kappa shape index (κ2) is 7.87. The number of benzene rings is 2. The van der Waals surface area contributed by atoms with Gasteiger partial charge in [-0.1, -0.05) is 24.3 Å². The number of amides is 1. The lowest BCUT2D eigenvalue weighted by molar-refractivity contribution is 0.0741. The maximum atomic E-state index is 15.0. The van der Waals surface area contributed by atoms with Gasteiger partial charge in [0.25, 0.3) is 5.91 Å². The average Bonchev–Trinajstić information content (AvgIpc) is 3.18. The summed E-state index contributed by atoms with van der Waals surface area (Å²) in [5.74, 6) is -2.52. The van der Waals surface area contributed by atoms with Crippen LogP contribution in [0.3, 0.4) is 0 Å². The molecule has 1 amide bonds. The van der Waals surface area contributed by atoms with Crippen LogP contribution in [0, 0.1) is 11.6 Å². The normalized spacial score (nSPS) is 21.3. The smallest absolute Gasteiger partial charge is 0.276 e. The summed E-state index contributed by atoms with van der Waals surface area (Å²) < 4.78 is 30.8. The van der Waals surface area contributed by atoms with Gasteiger partial charge in [0.05, 0.1) is 18.6 Å². The summed E-state index contributed by atoms with van der Waals surface area (Å²) in [6, 6.07) is 10.9. The molecule has 0 aliphatic carbocycles. The lowest BCUT2D eigenvalue weighted by Crippen LogP contribution is -2.45. The van der Waals surface area contributed by atoms with Gasteiger partial charge in [-0.3, -0.25) is 19.3 Å². The van der Waals surface area contributed by atoms with Gasteiger partial charge in [-0.2, -0.15) is 0 Å².